The van der Waals surface area contributed by atoms with Crippen molar-refractivity contribution < 1.29 is 9.53 Å². The van der Waals surface area contributed by atoms with Crippen LogP contribution in [0.4, 0.5) is 0 Å². The molecule has 88 valence electrons. The van der Waals surface area contributed by atoms with E-state index < -0.39 is 0 Å². The average molecular weight is 261 g/mol. The number of thiophene rings is 1. The summed E-state index contributed by atoms with van der Waals surface area (Å²) in [6.07, 6.45) is 0.0631. The molecule has 2 heterocycles. The maximum atomic E-state index is 11.7. The summed E-state index contributed by atoms with van der Waals surface area (Å²) >= 11 is 7.04. The Labute approximate surface area is 103 Å². The molecule has 1 amide bonds. The van der Waals surface area contributed by atoms with Crippen molar-refractivity contribution in [1.29, 1.82) is 0 Å². The van der Waals surface area contributed by atoms with E-state index in [9.17, 15) is 4.79 Å². The first kappa shape index (κ1) is 11.9. The topological polar surface area (TPSA) is 50.4 Å². The van der Waals surface area contributed by atoms with E-state index in [0.717, 1.165) is 13.1 Å². The van der Waals surface area contributed by atoms with Crippen LogP contribution >= 0.6 is 22.9 Å². The van der Waals surface area contributed by atoms with Crippen molar-refractivity contribution in [2.45, 2.75) is 6.10 Å². The fourth-order valence-corrected chi connectivity index (χ4v) is 2.44. The maximum absolute atomic E-state index is 11.7. The van der Waals surface area contributed by atoms with Crippen LogP contribution in [0.15, 0.2) is 12.1 Å². The number of hydrogen-bond acceptors (Lipinski definition) is 4. The molecule has 0 bridgehead atoms. The van der Waals surface area contributed by atoms with Crippen molar-refractivity contribution in [3.8, 4) is 0 Å². The molecule has 1 atom stereocenters. The van der Waals surface area contributed by atoms with Crippen molar-refractivity contribution in [3.63, 3.8) is 0 Å². The molecule has 1 saturated heterocycles. The van der Waals surface area contributed by atoms with Crippen molar-refractivity contribution in [1.82, 2.24) is 10.6 Å². The highest BCUT2D eigenvalue weighted by atomic mass is 35.5. The molecule has 16 heavy (non-hydrogen) atoms. The minimum absolute atomic E-state index is 0.0631. The van der Waals surface area contributed by atoms with E-state index in [4.69, 9.17) is 16.3 Å². The van der Waals surface area contributed by atoms with E-state index in [1.165, 1.54) is 11.3 Å². The van der Waals surface area contributed by atoms with Crippen LogP contribution in [0.5, 0.6) is 0 Å². The van der Waals surface area contributed by atoms with Crippen molar-refractivity contribution in [2.75, 3.05) is 26.2 Å². The van der Waals surface area contributed by atoms with Crippen LogP contribution in [0, 0.1) is 0 Å². The Kier molecular flexibility index (Phi) is 4.17. The molecule has 4 nitrogen and oxygen atoms in total. The zero-order valence-electron chi connectivity index (χ0n) is 8.66. The van der Waals surface area contributed by atoms with Gasteiger partial charge in [-0.3, -0.25) is 4.79 Å². The van der Waals surface area contributed by atoms with Crippen LogP contribution in [-0.2, 0) is 4.74 Å². The number of morpholine rings is 1. The first-order chi connectivity index (χ1) is 7.75. The van der Waals surface area contributed by atoms with Gasteiger partial charge in [-0.2, -0.15) is 0 Å². The molecular formula is C10H13ClN2O2S. The van der Waals surface area contributed by atoms with Gasteiger partial charge in [0.05, 0.1) is 21.9 Å². The third-order valence-electron chi connectivity index (χ3n) is 2.29. The highest BCUT2D eigenvalue weighted by molar-refractivity contribution is 7.17. The van der Waals surface area contributed by atoms with Gasteiger partial charge in [-0.05, 0) is 12.1 Å². The number of carbonyl (C=O) groups excluding carboxylic acids is 1. The van der Waals surface area contributed by atoms with E-state index >= 15 is 0 Å². The van der Waals surface area contributed by atoms with Gasteiger partial charge in [0.15, 0.2) is 0 Å². The Morgan fingerprint density at radius 3 is 3.19 bits per heavy atom. The molecule has 0 radical (unpaired) electrons. The van der Waals surface area contributed by atoms with Gasteiger partial charge in [-0.25, -0.2) is 0 Å². The number of amides is 1. The lowest BCUT2D eigenvalue weighted by Gasteiger charge is -2.23. The number of ether oxygens (including phenoxy) is 1. The number of rotatable bonds is 3. The fourth-order valence-electron chi connectivity index (χ4n) is 1.48. The Morgan fingerprint density at radius 1 is 1.69 bits per heavy atom. The third-order valence-corrected chi connectivity index (χ3v) is 3.52. The van der Waals surface area contributed by atoms with Gasteiger partial charge in [-0.1, -0.05) is 11.6 Å². The lowest BCUT2D eigenvalue weighted by Crippen LogP contribution is -2.45. The van der Waals surface area contributed by atoms with Gasteiger partial charge in [0.25, 0.3) is 5.91 Å². The predicted octanol–water partition coefficient (Wildman–Crippen LogP) is 1.12. The molecule has 1 aromatic heterocycles. The summed E-state index contributed by atoms with van der Waals surface area (Å²) in [5, 5.41) is 6.04. The van der Waals surface area contributed by atoms with Crippen LogP contribution in [0.25, 0.3) is 0 Å². The SMILES string of the molecule is O=C(NCC1CNCCO1)c1ccc(Cl)s1. The number of hydrogen-bond donors (Lipinski definition) is 2. The quantitative estimate of drug-likeness (QED) is 0.856. The van der Waals surface area contributed by atoms with E-state index in [-0.39, 0.29) is 12.0 Å². The summed E-state index contributed by atoms with van der Waals surface area (Å²) in [7, 11) is 0. The number of halogens is 1. The molecule has 2 rings (SSSR count). The normalized spacial score (nSPS) is 20.7. The zero-order chi connectivity index (χ0) is 11.4. The van der Waals surface area contributed by atoms with Crippen molar-refractivity contribution in [2.24, 2.45) is 0 Å². The minimum Gasteiger partial charge on any atom is -0.374 e. The van der Waals surface area contributed by atoms with Crippen LogP contribution in [0.3, 0.4) is 0 Å². The lowest BCUT2D eigenvalue weighted by molar-refractivity contribution is 0.0287. The summed E-state index contributed by atoms with van der Waals surface area (Å²) in [6.45, 7) is 2.89. The van der Waals surface area contributed by atoms with Crippen molar-refractivity contribution in [3.05, 3.63) is 21.3 Å². The van der Waals surface area contributed by atoms with E-state index in [1.54, 1.807) is 12.1 Å². The second-order valence-corrected chi connectivity index (χ2v) is 5.23. The number of nitrogens with one attached hydrogen (secondary N) is 2. The maximum Gasteiger partial charge on any atom is 0.261 e. The summed E-state index contributed by atoms with van der Waals surface area (Å²) in [4.78, 5) is 12.3. The molecule has 1 aliphatic rings. The van der Waals surface area contributed by atoms with Gasteiger partial charge < -0.3 is 15.4 Å². The second-order valence-electron chi connectivity index (χ2n) is 3.51. The number of carbonyl (C=O) groups is 1. The molecule has 1 aromatic rings. The molecule has 0 aromatic carbocycles. The molecule has 0 spiro atoms. The monoisotopic (exact) mass is 260 g/mol. The lowest BCUT2D eigenvalue weighted by atomic mass is 10.3. The van der Waals surface area contributed by atoms with Gasteiger partial charge in [0.1, 0.15) is 0 Å². The first-order valence-corrected chi connectivity index (χ1v) is 6.31. The Hall–Kier alpha value is -0.620. The minimum atomic E-state index is -0.0916. The first-order valence-electron chi connectivity index (χ1n) is 5.11. The molecule has 6 heteroatoms. The van der Waals surface area contributed by atoms with Crippen molar-refractivity contribution >= 4 is 28.8 Å². The van der Waals surface area contributed by atoms with E-state index in [2.05, 4.69) is 10.6 Å². The zero-order valence-corrected chi connectivity index (χ0v) is 10.2. The largest absolute Gasteiger partial charge is 0.374 e. The van der Waals surface area contributed by atoms with Crippen LogP contribution in [0.2, 0.25) is 4.34 Å². The molecule has 0 aliphatic carbocycles. The highest BCUT2D eigenvalue weighted by Gasteiger charge is 2.15. The van der Waals surface area contributed by atoms with Gasteiger partial charge in [-0.15, -0.1) is 11.3 Å². The summed E-state index contributed by atoms with van der Waals surface area (Å²) in [5.74, 6) is -0.0916. The van der Waals surface area contributed by atoms with Crippen LogP contribution in [-0.4, -0.2) is 38.3 Å². The van der Waals surface area contributed by atoms with Gasteiger partial charge >= 0.3 is 0 Å². The standard InChI is InChI=1S/C10H13ClN2O2S/c11-9-2-1-8(16-9)10(14)13-6-7-5-12-3-4-15-7/h1-2,7,12H,3-6H2,(H,13,14). The summed E-state index contributed by atoms with van der Waals surface area (Å²) < 4.78 is 6.10. The van der Waals surface area contributed by atoms with Gasteiger partial charge in [0, 0.05) is 19.6 Å². The predicted molar refractivity (Wildman–Crippen MR) is 64.3 cm³/mol. The van der Waals surface area contributed by atoms with E-state index in [1.807, 2.05) is 0 Å². The molecule has 1 aliphatic heterocycles. The summed E-state index contributed by atoms with van der Waals surface area (Å²) in [6, 6.07) is 3.45. The molecule has 0 saturated carbocycles. The Morgan fingerprint density at radius 2 is 2.56 bits per heavy atom. The smallest absolute Gasteiger partial charge is 0.261 e. The molecule has 2 N–H and O–H groups in total. The third kappa shape index (κ3) is 3.18. The van der Waals surface area contributed by atoms with Crippen LogP contribution in [0.1, 0.15) is 9.67 Å². The Bertz CT molecular complexity index is 363. The van der Waals surface area contributed by atoms with Gasteiger partial charge in [0.2, 0.25) is 0 Å². The van der Waals surface area contributed by atoms with Crippen LogP contribution < -0.4 is 10.6 Å². The molecule has 1 unspecified atom stereocenters. The Balaban J connectivity index is 1.79. The summed E-state index contributed by atoms with van der Waals surface area (Å²) in [5.41, 5.74) is 0. The average Bonchev–Trinajstić information content (AvgIpc) is 2.74. The molecular weight excluding hydrogens is 248 g/mol. The highest BCUT2D eigenvalue weighted by Crippen LogP contribution is 2.21. The fraction of sp³-hybridized carbons (Fsp3) is 0.500. The van der Waals surface area contributed by atoms with E-state index in [0.29, 0.717) is 22.4 Å². The second kappa shape index (κ2) is 5.63. The molecule has 1 fully saturated rings.